The normalized spacial score (nSPS) is 21.7. The summed E-state index contributed by atoms with van der Waals surface area (Å²) in [5.74, 6) is 1.37. The number of nitrogens with one attached hydrogen (secondary N) is 2. The molecule has 1 amide bonds. The van der Waals surface area contributed by atoms with E-state index in [-0.39, 0.29) is 18.3 Å². The van der Waals surface area contributed by atoms with Gasteiger partial charge in [-0.25, -0.2) is 0 Å². The molecular formula is C15H23ClN2O2. The van der Waals surface area contributed by atoms with Gasteiger partial charge < -0.3 is 15.4 Å². The molecule has 1 heterocycles. The van der Waals surface area contributed by atoms with E-state index in [1.54, 1.807) is 7.11 Å². The van der Waals surface area contributed by atoms with Crippen molar-refractivity contribution >= 4 is 18.3 Å². The van der Waals surface area contributed by atoms with Crippen LogP contribution in [0.15, 0.2) is 24.3 Å². The third kappa shape index (κ3) is 4.69. The van der Waals surface area contributed by atoms with Gasteiger partial charge in [-0.2, -0.15) is 0 Å². The number of hydrogen-bond acceptors (Lipinski definition) is 3. The second-order valence-electron chi connectivity index (χ2n) is 5.17. The molecule has 112 valence electrons. The summed E-state index contributed by atoms with van der Waals surface area (Å²) in [5.41, 5.74) is 0.985. The molecule has 1 fully saturated rings. The summed E-state index contributed by atoms with van der Waals surface area (Å²) in [6.45, 7) is 4.13. The predicted molar refractivity (Wildman–Crippen MR) is 82.5 cm³/mol. The minimum Gasteiger partial charge on any atom is -0.497 e. The predicted octanol–water partition coefficient (Wildman–Crippen LogP) is 1.77. The number of amides is 1. The lowest BCUT2D eigenvalue weighted by atomic mass is 9.95. The summed E-state index contributed by atoms with van der Waals surface area (Å²) >= 11 is 0. The maximum Gasteiger partial charge on any atom is 0.224 e. The molecule has 2 atom stereocenters. The molecule has 0 bridgehead atoms. The highest BCUT2D eigenvalue weighted by Crippen LogP contribution is 2.14. The van der Waals surface area contributed by atoms with Crippen molar-refractivity contribution in [2.45, 2.75) is 25.8 Å². The minimum atomic E-state index is 0. The molecule has 2 unspecified atom stereocenters. The van der Waals surface area contributed by atoms with Crippen LogP contribution in [0.3, 0.4) is 0 Å². The lowest BCUT2D eigenvalue weighted by Crippen LogP contribution is -2.48. The number of ether oxygens (including phenoxy) is 1. The molecule has 1 aromatic rings. The first-order valence-electron chi connectivity index (χ1n) is 6.82. The molecule has 0 radical (unpaired) electrons. The van der Waals surface area contributed by atoms with Crippen LogP contribution in [0.5, 0.6) is 5.75 Å². The first-order valence-corrected chi connectivity index (χ1v) is 6.82. The van der Waals surface area contributed by atoms with Gasteiger partial charge in [-0.15, -0.1) is 12.4 Å². The smallest absolute Gasteiger partial charge is 0.224 e. The molecule has 5 heteroatoms. The zero-order chi connectivity index (χ0) is 13.7. The largest absolute Gasteiger partial charge is 0.497 e. The van der Waals surface area contributed by atoms with E-state index in [4.69, 9.17) is 4.74 Å². The van der Waals surface area contributed by atoms with Crippen LogP contribution in [0.25, 0.3) is 0 Å². The molecule has 2 N–H and O–H groups in total. The standard InChI is InChI=1S/C15H22N2O2.ClH/c1-11-10-16-7-6-14(11)17-15(18)9-12-4-3-5-13(8-12)19-2;/h3-5,8,11,14,16H,6-7,9-10H2,1-2H3,(H,17,18);1H. The van der Waals surface area contributed by atoms with E-state index in [0.717, 1.165) is 30.8 Å². The van der Waals surface area contributed by atoms with Crippen molar-refractivity contribution in [3.8, 4) is 5.75 Å². The van der Waals surface area contributed by atoms with Gasteiger partial charge in [-0.3, -0.25) is 4.79 Å². The molecule has 4 nitrogen and oxygen atoms in total. The van der Waals surface area contributed by atoms with Gasteiger partial charge in [-0.05, 0) is 43.1 Å². The Balaban J connectivity index is 0.00000200. The number of rotatable bonds is 4. The van der Waals surface area contributed by atoms with Crippen LogP contribution in [0, 0.1) is 5.92 Å². The summed E-state index contributed by atoms with van der Waals surface area (Å²) in [4.78, 5) is 12.1. The van der Waals surface area contributed by atoms with Crippen LogP contribution >= 0.6 is 12.4 Å². The summed E-state index contributed by atoms with van der Waals surface area (Å²) in [7, 11) is 1.63. The van der Waals surface area contributed by atoms with Gasteiger partial charge in [0.05, 0.1) is 13.5 Å². The van der Waals surface area contributed by atoms with Crippen LogP contribution in [0.1, 0.15) is 18.9 Å². The number of carbonyl (C=O) groups is 1. The number of hydrogen-bond donors (Lipinski definition) is 2. The third-order valence-corrected chi connectivity index (χ3v) is 3.63. The van der Waals surface area contributed by atoms with Gasteiger partial charge in [0.25, 0.3) is 0 Å². The maximum atomic E-state index is 12.1. The average molecular weight is 299 g/mol. The molecule has 0 aromatic heterocycles. The van der Waals surface area contributed by atoms with E-state index >= 15 is 0 Å². The number of benzene rings is 1. The van der Waals surface area contributed by atoms with Gasteiger partial charge >= 0.3 is 0 Å². The fraction of sp³-hybridized carbons (Fsp3) is 0.533. The Morgan fingerprint density at radius 3 is 3.00 bits per heavy atom. The average Bonchev–Trinajstić information content (AvgIpc) is 2.41. The highest BCUT2D eigenvalue weighted by atomic mass is 35.5. The van der Waals surface area contributed by atoms with Crippen LogP contribution in [0.2, 0.25) is 0 Å². The molecule has 0 saturated carbocycles. The van der Waals surface area contributed by atoms with Crippen LogP contribution in [0.4, 0.5) is 0 Å². The molecule has 1 aliphatic rings. The minimum absolute atomic E-state index is 0. The molecule has 0 aliphatic carbocycles. The van der Waals surface area contributed by atoms with Crippen molar-refractivity contribution < 1.29 is 9.53 Å². The summed E-state index contributed by atoms with van der Waals surface area (Å²) in [5, 5.41) is 6.47. The molecule has 0 spiro atoms. The van der Waals surface area contributed by atoms with Gasteiger partial charge in [0.15, 0.2) is 0 Å². The lowest BCUT2D eigenvalue weighted by Gasteiger charge is -2.30. The lowest BCUT2D eigenvalue weighted by molar-refractivity contribution is -0.121. The van der Waals surface area contributed by atoms with Gasteiger partial charge in [-0.1, -0.05) is 19.1 Å². The van der Waals surface area contributed by atoms with E-state index in [1.165, 1.54) is 0 Å². The van der Waals surface area contributed by atoms with Crippen molar-refractivity contribution in [2.24, 2.45) is 5.92 Å². The second-order valence-corrected chi connectivity index (χ2v) is 5.17. The summed E-state index contributed by atoms with van der Waals surface area (Å²) < 4.78 is 5.16. The van der Waals surface area contributed by atoms with Crippen LogP contribution in [-0.2, 0) is 11.2 Å². The fourth-order valence-electron chi connectivity index (χ4n) is 2.45. The van der Waals surface area contributed by atoms with Crippen LogP contribution in [-0.4, -0.2) is 32.1 Å². The Morgan fingerprint density at radius 1 is 1.50 bits per heavy atom. The maximum absolute atomic E-state index is 12.1. The van der Waals surface area contributed by atoms with E-state index in [0.29, 0.717) is 18.4 Å². The molecule has 1 aromatic carbocycles. The monoisotopic (exact) mass is 298 g/mol. The first kappa shape index (κ1) is 16.8. The Hall–Kier alpha value is -1.26. The third-order valence-electron chi connectivity index (χ3n) is 3.63. The van der Waals surface area contributed by atoms with Crippen molar-refractivity contribution in [1.29, 1.82) is 0 Å². The van der Waals surface area contributed by atoms with Crippen molar-refractivity contribution in [3.63, 3.8) is 0 Å². The summed E-state index contributed by atoms with van der Waals surface area (Å²) in [6.07, 6.45) is 1.42. The van der Waals surface area contributed by atoms with Gasteiger partial charge in [0.2, 0.25) is 5.91 Å². The number of halogens is 1. The molecule has 20 heavy (non-hydrogen) atoms. The molecule has 2 rings (SSSR count). The Bertz CT molecular complexity index is 440. The molecule has 1 aliphatic heterocycles. The first-order chi connectivity index (χ1) is 9.19. The molecular weight excluding hydrogens is 276 g/mol. The van der Waals surface area contributed by atoms with E-state index in [1.807, 2.05) is 24.3 Å². The Morgan fingerprint density at radius 2 is 2.30 bits per heavy atom. The second kappa shape index (κ2) is 8.12. The zero-order valence-corrected chi connectivity index (χ0v) is 12.8. The number of piperidine rings is 1. The SMILES string of the molecule is COc1cccc(CC(=O)NC2CCNCC2C)c1.Cl. The highest BCUT2D eigenvalue weighted by molar-refractivity contribution is 5.85. The van der Waals surface area contributed by atoms with E-state index in [9.17, 15) is 4.79 Å². The van der Waals surface area contributed by atoms with Crippen molar-refractivity contribution in [3.05, 3.63) is 29.8 Å². The highest BCUT2D eigenvalue weighted by Gasteiger charge is 2.22. The quantitative estimate of drug-likeness (QED) is 0.891. The topological polar surface area (TPSA) is 50.4 Å². The number of carbonyl (C=O) groups excluding carboxylic acids is 1. The van der Waals surface area contributed by atoms with Gasteiger partial charge in [0, 0.05) is 6.04 Å². The molecule has 1 saturated heterocycles. The Labute approximate surface area is 126 Å². The van der Waals surface area contributed by atoms with Crippen molar-refractivity contribution in [1.82, 2.24) is 10.6 Å². The zero-order valence-electron chi connectivity index (χ0n) is 12.0. The number of methoxy groups -OCH3 is 1. The van der Waals surface area contributed by atoms with Gasteiger partial charge in [0.1, 0.15) is 5.75 Å². The summed E-state index contributed by atoms with van der Waals surface area (Å²) in [6, 6.07) is 7.95. The van der Waals surface area contributed by atoms with E-state index in [2.05, 4.69) is 17.6 Å². The van der Waals surface area contributed by atoms with E-state index < -0.39 is 0 Å². The fourth-order valence-corrected chi connectivity index (χ4v) is 2.45. The van der Waals surface area contributed by atoms with Crippen molar-refractivity contribution in [2.75, 3.05) is 20.2 Å². The Kier molecular flexibility index (Phi) is 6.82. The van der Waals surface area contributed by atoms with Crippen LogP contribution < -0.4 is 15.4 Å².